The fourth-order valence-electron chi connectivity index (χ4n) is 9.50. The van der Waals surface area contributed by atoms with Gasteiger partial charge < -0.3 is 9.47 Å². The summed E-state index contributed by atoms with van der Waals surface area (Å²) >= 11 is 0. The maximum Gasteiger partial charge on any atom is 0.0541 e. The first kappa shape index (κ1) is 37.3. The Balaban J connectivity index is 0.899. The zero-order valence-corrected chi connectivity index (χ0v) is 35.1. The summed E-state index contributed by atoms with van der Waals surface area (Å²) in [7, 11) is 0. The molecule has 0 saturated carbocycles. The maximum absolute atomic E-state index is 2.38. The highest BCUT2D eigenvalue weighted by Crippen LogP contribution is 2.40. The number of rotatable bonds is 8. The van der Waals surface area contributed by atoms with E-state index in [9.17, 15) is 0 Å². The molecule has 0 spiro atoms. The Morgan fingerprint density at radius 2 is 0.625 bits per heavy atom. The lowest BCUT2D eigenvalue weighted by atomic mass is 9.98. The Morgan fingerprint density at radius 1 is 0.234 bits per heavy atom. The van der Waals surface area contributed by atoms with Crippen molar-refractivity contribution in [2.24, 2.45) is 0 Å². The summed E-state index contributed by atoms with van der Waals surface area (Å²) in [5.74, 6) is 0. The number of para-hydroxylation sites is 2. The topological polar surface area (TPSA) is 8.17 Å². The highest BCUT2D eigenvalue weighted by Gasteiger charge is 2.16. The van der Waals surface area contributed by atoms with E-state index >= 15 is 0 Å². The van der Waals surface area contributed by atoms with Crippen molar-refractivity contribution in [3.8, 4) is 50.2 Å². The van der Waals surface area contributed by atoms with Gasteiger partial charge in [0.15, 0.2) is 0 Å². The van der Waals surface area contributed by atoms with Crippen LogP contribution in [0.1, 0.15) is 0 Å². The second-order valence-electron chi connectivity index (χ2n) is 16.6. The molecule has 300 valence electrons. The van der Waals surface area contributed by atoms with Gasteiger partial charge in [0.05, 0.1) is 11.0 Å². The third-order valence-electron chi connectivity index (χ3n) is 12.8. The van der Waals surface area contributed by atoms with Gasteiger partial charge in [0.1, 0.15) is 0 Å². The van der Waals surface area contributed by atoms with Crippen molar-refractivity contribution in [1.29, 1.82) is 0 Å². The molecule has 1 aromatic heterocycles. The molecule has 0 saturated heterocycles. The van der Waals surface area contributed by atoms with Crippen LogP contribution < -0.4 is 4.90 Å². The summed E-state index contributed by atoms with van der Waals surface area (Å²) in [5, 5.41) is 7.52. The fraction of sp³-hybridized carbons (Fsp3) is 0. The summed E-state index contributed by atoms with van der Waals surface area (Å²) in [6.45, 7) is 0. The van der Waals surface area contributed by atoms with Gasteiger partial charge in [-0.2, -0.15) is 0 Å². The largest absolute Gasteiger partial charge is 0.310 e. The Bertz CT molecular complexity index is 3600. The van der Waals surface area contributed by atoms with Crippen LogP contribution in [0.5, 0.6) is 0 Å². The SMILES string of the molecule is c1cc(-c2ccc3ccccc3c2)cc(N(c2ccc(-c3ccc(-c4ccc5ccccc5c4)cc3)cc2)c2ccc(-c3cccc(-n4c5ccccc5c5ccccc54)c3)cc2)c1. The summed E-state index contributed by atoms with van der Waals surface area (Å²) in [5.41, 5.74) is 16.4. The van der Waals surface area contributed by atoms with Crippen molar-refractivity contribution in [3.05, 3.63) is 255 Å². The van der Waals surface area contributed by atoms with E-state index in [1.807, 2.05) is 0 Å². The third-order valence-corrected chi connectivity index (χ3v) is 12.8. The first-order valence-electron chi connectivity index (χ1n) is 22.0. The van der Waals surface area contributed by atoms with Crippen LogP contribution in [0.2, 0.25) is 0 Å². The van der Waals surface area contributed by atoms with Crippen LogP contribution in [0.25, 0.3) is 93.5 Å². The van der Waals surface area contributed by atoms with Crippen molar-refractivity contribution >= 4 is 60.4 Å². The lowest BCUT2D eigenvalue weighted by Crippen LogP contribution is -2.10. The molecule has 0 aliphatic carbocycles. The highest BCUT2D eigenvalue weighted by atomic mass is 15.1. The molecular formula is C62H42N2. The van der Waals surface area contributed by atoms with E-state index < -0.39 is 0 Å². The van der Waals surface area contributed by atoms with Crippen LogP contribution in [0, 0.1) is 0 Å². The molecule has 2 nitrogen and oxygen atoms in total. The minimum atomic E-state index is 1.09. The van der Waals surface area contributed by atoms with E-state index in [0.29, 0.717) is 0 Å². The molecule has 12 rings (SSSR count). The molecule has 11 aromatic carbocycles. The van der Waals surface area contributed by atoms with Crippen molar-refractivity contribution in [2.45, 2.75) is 0 Å². The van der Waals surface area contributed by atoms with Gasteiger partial charge in [-0.25, -0.2) is 0 Å². The predicted molar refractivity (Wildman–Crippen MR) is 272 cm³/mol. The minimum Gasteiger partial charge on any atom is -0.310 e. The first-order valence-corrected chi connectivity index (χ1v) is 22.0. The Labute approximate surface area is 373 Å². The molecule has 64 heavy (non-hydrogen) atoms. The molecule has 0 amide bonds. The van der Waals surface area contributed by atoms with E-state index in [2.05, 4.69) is 264 Å². The lowest BCUT2D eigenvalue weighted by Gasteiger charge is -2.26. The molecule has 0 radical (unpaired) electrons. The van der Waals surface area contributed by atoms with E-state index in [-0.39, 0.29) is 0 Å². The van der Waals surface area contributed by atoms with Crippen molar-refractivity contribution in [3.63, 3.8) is 0 Å². The smallest absolute Gasteiger partial charge is 0.0541 e. The number of aromatic nitrogens is 1. The van der Waals surface area contributed by atoms with Crippen LogP contribution in [0.15, 0.2) is 255 Å². The van der Waals surface area contributed by atoms with Gasteiger partial charge in [-0.3, -0.25) is 0 Å². The zero-order chi connectivity index (χ0) is 42.4. The zero-order valence-electron chi connectivity index (χ0n) is 35.1. The Kier molecular flexibility index (Phi) is 9.20. The minimum absolute atomic E-state index is 1.09. The van der Waals surface area contributed by atoms with Gasteiger partial charge in [-0.15, -0.1) is 0 Å². The van der Waals surface area contributed by atoms with E-state index in [0.717, 1.165) is 22.7 Å². The molecule has 0 N–H and O–H groups in total. The Hall–Kier alpha value is -8.46. The van der Waals surface area contributed by atoms with Gasteiger partial charge in [0, 0.05) is 33.5 Å². The second-order valence-corrected chi connectivity index (χ2v) is 16.6. The summed E-state index contributed by atoms with van der Waals surface area (Å²) in [6.07, 6.45) is 0. The maximum atomic E-state index is 2.38. The average Bonchev–Trinajstić information content (AvgIpc) is 3.71. The average molecular weight is 815 g/mol. The summed E-state index contributed by atoms with van der Waals surface area (Å²) in [6, 6.07) is 92.7. The number of hydrogen-bond donors (Lipinski definition) is 0. The second kappa shape index (κ2) is 15.8. The van der Waals surface area contributed by atoms with Crippen LogP contribution in [0.3, 0.4) is 0 Å². The lowest BCUT2D eigenvalue weighted by molar-refractivity contribution is 1.18. The van der Waals surface area contributed by atoms with E-state index in [1.54, 1.807) is 0 Å². The molecule has 12 aromatic rings. The summed E-state index contributed by atoms with van der Waals surface area (Å²) < 4.78 is 2.38. The first-order chi connectivity index (χ1) is 31.7. The standard InChI is InChI=1S/C62H42N2/c1-3-13-49-39-53(29-27-43(49)11-1)47-25-23-45(24-26-47)46-31-35-55(36-32-46)63(57-17-10-16-52(42-57)54-30-28-44-12-2-4-14-50(44)40-54)56-37-33-48(34-38-56)51-15-9-18-58(41-51)64-61-21-7-5-19-59(61)60-20-6-8-22-62(60)64/h1-42H. The van der Waals surface area contributed by atoms with Crippen LogP contribution in [-0.2, 0) is 0 Å². The monoisotopic (exact) mass is 814 g/mol. The molecule has 2 heteroatoms. The predicted octanol–water partition coefficient (Wildman–Crippen LogP) is 17.2. The molecule has 0 fully saturated rings. The molecule has 0 aliphatic heterocycles. The van der Waals surface area contributed by atoms with Crippen molar-refractivity contribution in [1.82, 2.24) is 4.57 Å². The normalized spacial score (nSPS) is 11.4. The van der Waals surface area contributed by atoms with Gasteiger partial charge in [-0.05, 0) is 139 Å². The molecule has 0 atom stereocenters. The quantitative estimate of drug-likeness (QED) is 0.148. The van der Waals surface area contributed by atoms with E-state index in [1.165, 1.54) is 87.9 Å². The number of fused-ring (bicyclic) bond motifs is 5. The van der Waals surface area contributed by atoms with Crippen LogP contribution in [-0.4, -0.2) is 4.57 Å². The third kappa shape index (κ3) is 6.79. The molecule has 1 heterocycles. The summed E-state index contributed by atoms with van der Waals surface area (Å²) in [4.78, 5) is 2.37. The number of benzene rings is 11. The highest BCUT2D eigenvalue weighted by molar-refractivity contribution is 6.09. The van der Waals surface area contributed by atoms with Gasteiger partial charge >= 0.3 is 0 Å². The molecule has 0 bridgehead atoms. The van der Waals surface area contributed by atoms with Crippen molar-refractivity contribution in [2.75, 3.05) is 4.90 Å². The number of nitrogens with zero attached hydrogens (tertiary/aromatic N) is 2. The molecule has 0 aliphatic rings. The number of anilines is 3. The molecular weight excluding hydrogens is 773 g/mol. The fourth-order valence-corrected chi connectivity index (χ4v) is 9.50. The van der Waals surface area contributed by atoms with Crippen LogP contribution >= 0.6 is 0 Å². The number of hydrogen-bond acceptors (Lipinski definition) is 1. The van der Waals surface area contributed by atoms with Gasteiger partial charge in [-0.1, -0.05) is 182 Å². The van der Waals surface area contributed by atoms with Crippen LogP contribution in [0.4, 0.5) is 17.1 Å². The van der Waals surface area contributed by atoms with E-state index in [4.69, 9.17) is 0 Å². The Morgan fingerprint density at radius 3 is 1.17 bits per heavy atom. The molecule has 0 unspecified atom stereocenters. The van der Waals surface area contributed by atoms with Gasteiger partial charge in [0.2, 0.25) is 0 Å². The van der Waals surface area contributed by atoms with Gasteiger partial charge in [0.25, 0.3) is 0 Å². The van der Waals surface area contributed by atoms with Crippen molar-refractivity contribution < 1.29 is 0 Å².